The Morgan fingerprint density at radius 1 is 0.750 bits per heavy atom. The van der Waals surface area contributed by atoms with Crippen molar-refractivity contribution in [1.29, 1.82) is 0 Å². The third-order valence-electron chi connectivity index (χ3n) is 6.88. The molecule has 0 aliphatic carbocycles. The lowest BCUT2D eigenvalue weighted by molar-refractivity contribution is -0.133. The van der Waals surface area contributed by atoms with Gasteiger partial charge in [-0.1, -0.05) is 59.2 Å². The Morgan fingerprint density at radius 3 is 1.57 bits per heavy atom. The summed E-state index contributed by atoms with van der Waals surface area (Å²) in [4.78, 5) is 43.8. The molecule has 0 saturated carbocycles. The second-order valence-electron chi connectivity index (χ2n) is 11.7. The summed E-state index contributed by atoms with van der Waals surface area (Å²) in [6.07, 6.45) is -1.49. The van der Waals surface area contributed by atoms with Gasteiger partial charge in [0.2, 0.25) is 5.91 Å². The van der Waals surface area contributed by atoms with Gasteiger partial charge in [-0.15, -0.1) is 0 Å². The van der Waals surface area contributed by atoms with Gasteiger partial charge in [0.15, 0.2) is 0 Å². The lowest BCUT2D eigenvalue weighted by Gasteiger charge is -2.28. The first-order chi connectivity index (χ1) is 18.6. The van der Waals surface area contributed by atoms with Gasteiger partial charge >= 0.3 is 12.2 Å². The van der Waals surface area contributed by atoms with E-state index in [1.54, 1.807) is 30.9 Å². The van der Waals surface area contributed by atoms with Crippen LogP contribution in [-0.2, 0) is 27.5 Å². The van der Waals surface area contributed by atoms with Crippen molar-refractivity contribution in [3.05, 3.63) is 34.4 Å². The molecule has 0 aromatic heterocycles. The van der Waals surface area contributed by atoms with Gasteiger partial charge in [-0.3, -0.25) is 9.69 Å². The molecule has 1 atom stereocenters. The molecule has 1 N–H and O–H groups in total. The van der Waals surface area contributed by atoms with E-state index in [4.69, 9.17) is 9.47 Å². The fraction of sp³-hybridized carbons (Fsp3) is 0.700. The van der Waals surface area contributed by atoms with Gasteiger partial charge < -0.3 is 29.3 Å². The lowest BCUT2D eigenvalue weighted by atomic mass is 9.91. The Labute approximate surface area is 241 Å². The second kappa shape index (κ2) is 16.4. The molecule has 0 bridgehead atoms. The summed E-state index contributed by atoms with van der Waals surface area (Å²) in [5.74, 6) is 0.131. The first kappa shape index (κ1) is 35.2. The van der Waals surface area contributed by atoms with Gasteiger partial charge in [0.1, 0.15) is 19.4 Å². The van der Waals surface area contributed by atoms with Crippen molar-refractivity contribution in [3.63, 3.8) is 0 Å². The van der Waals surface area contributed by atoms with Crippen LogP contribution in [0.25, 0.3) is 0 Å². The molecular weight excluding hydrogens is 512 g/mol. The molecule has 0 radical (unpaired) electrons. The summed E-state index contributed by atoms with van der Waals surface area (Å²) in [6, 6.07) is 3.99. The van der Waals surface area contributed by atoms with E-state index in [2.05, 4.69) is 13.8 Å². The van der Waals surface area contributed by atoms with Crippen molar-refractivity contribution < 1.29 is 29.0 Å². The van der Waals surface area contributed by atoms with Gasteiger partial charge in [-0.05, 0) is 42.5 Å². The number of aliphatic hydroxyl groups excluding tert-OH is 1. The zero-order chi connectivity index (χ0) is 30.7. The molecule has 1 unspecified atom stereocenters. The molecule has 0 heterocycles. The maximum Gasteiger partial charge on any atom is 0.409 e. The van der Waals surface area contributed by atoms with Crippen molar-refractivity contribution in [1.82, 2.24) is 19.6 Å². The number of amides is 3. The monoisotopic (exact) mass is 564 g/mol. The van der Waals surface area contributed by atoms with Crippen molar-refractivity contribution in [2.75, 3.05) is 54.4 Å². The summed E-state index contributed by atoms with van der Waals surface area (Å²) < 4.78 is 11.3. The molecule has 10 nitrogen and oxygen atoms in total. The van der Waals surface area contributed by atoms with Crippen molar-refractivity contribution in [3.8, 4) is 0 Å². The number of benzene rings is 1. The summed E-state index contributed by atoms with van der Waals surface area (Å²) >= 11 is 0. The molecular formula is C30H52N4O6. The fourth-order valence-corrected chi connectivity index (χ4v) is 4.42. The van der Waals surface area contributed by atoms with E-state index in [9.17, 15) is 19.5 Å². The van der Waals surface area contributed by atoms with Crippen LogP contribution < -0.4 is 0 Å². The molecule has 0 spiro atoms. The number of aryl methyl sites for hydroxylation is 1. The first-order valence-electron chi connectivity index (χ1n) is 14.1. The Hall–Kier alpha value is -2.85. The van der Waals surface area contributed by atoms with Crippen LogP contribution in [0, 0.1) is 18.8 Å². The molecule has 3 amide bonds. The van der Waals surface area contributed by atoms with Crippen LogP contribution in [-0.4, -0.2) is 103 Å². The van der Waals surface area contributed by atoms with E-state index in [1.807, 2.05) is 53.8 Å². The van der Waals surface area contributed by atoms with E-state index in [0.29, 0.717) is 26.2 Å². The third-order valence-corrected chi connectivity index (χ3v) is 6.88. The Balaban J connectivity index is 2.82. The Bertz CT molecular complexity index is 981. The number of aliphatic hydroxyl groups is 1. The molecule has 0 saturated heterocycles. The molecule has 0 fully saturated rings. The van der Waals surface area contributed by atoms with E-state index in [0.717, 1.165) is 22.3 Å². The lowest BCUT2D eigenvalue weighted by Crippen LogP contribution is -2.41. The smallest absolute Gasteiger partial charge is 0.409 e. The summed E-state index contributed by atoms with van der Waals surface area (Å²) in [5.41, 5.74) is 3.70. The average Bonchev–Trinajstić information content (AvgIpc) is 2.89. The minimum atomic E-state index is -0.576. The zero-order valence-corrected chi connectivity index (χ0v) is 26.5. The van der Waals surface area contributed by atoms with E-state index < -0.39 is 18.4 Å². The number of carbonyl (C=O) groups is 3. The number of rotatable bonds is 14. The molecule has 0 aliphatic rings. The normalized spacial score (nSPS) is 12.2. The van der Waals surface area contributed by atoms with Gasteiger partial charge in [0.05, 0.1) is 0 Å². The van der Waals surface area contributed by atoms with E-state index in [-0.39, 0.29) is 36.9 Å². The maximum absolute atomic E-state index is 12.7. The number of carbonyl (C=O) groups excluding carboxylic acids is 3. The average molecular weight is 565 g/mol. The van der Waals surface area contributed by atoms with Gasteiger partial charge in [0, 0.05) is 53.2 Å². The van der Waals surface area contributed by atoms with Crippen LogP contribution in [0.15, 0.2) is 12.1 Å². The van der Waals surface area contributed by atoms with Gasteiger partial charge in [-0.25, -0.2) is 9.59 Å². The van der Waals surface area contributed by atoms with Crippen LogP contribution in [0.3, 0.4) is 0 Å². The van der Waals surface area contributed by atoms with Crippen LogP contribution in [0.4, 0.5) is 9.59 Å². The number of likely N-dealkylation sites (N-methyl/N-ethyl adjacent to an activating group) is 4. The molecule has 0 aliphatic heterocycles. The summed E-state index contributed by atoms with van der Waals surface area (Å²) in [7, 11) is 6.88. The standard InChI is InChI=1S/C30H52N4O6/c1-20(2)26-24(18-39-29(37)33(10)14-12-31(8)27(35)21(3)4)16-23(7)17-25(26)19-40-30(38)34(11)15-13-32(9)28(36)22(5)6/h16-17,20-22,27,35H,12-15,18-19H2,1-11H3. The highest BCUT2D eigenvalue weighted by molar-refractivity contribution is 5.77. The largest absolute Gasteiger partial charge is 0.445 e. The molecule has 228 valence electrons. The first-order valence-corrected chi connectivity index (χ1v) is 14.1. The number of hydrogen-bond acceptors (Lipinski definition) is 7. The molecule has 1 aromatic carbocycles. The van der Waals surface area contributed by atoms with E-state index >= 15 is 0 Å². The summed E-state index contributed by atoms with van der Waals surface area (Å²) in [6.45, 7) is 15.5. The number of hydrogen-bond donors (Lipinski definition) is 1. The second-order valence-corrected chi connectivity index (χ2v) is 11.7. The highest BCUT2D eigenvalue weighted by Gasteiger charge is 2.21. The minimum Gasteiger partial charge on any atom is -0.445 e. The minimum absolute atomic E-state index is 0.0276. The predicted octanol–water partition coefficient (Wildman–Crippen LogP) is 4.28. The van der Waals surface area contributed by atoms with E-state index in [1.165, 1.54) is 9.80 Å². The van der Waals surface area contributed by atoms with Crippen LogP contribution in [0.2, 0.25) is 0 Å². The molecule has 10 heteroatoms. The van der Waals surface area contributed by atoms with Crippen LogP contribution in [0.1, 0.15) is 69.7 Å². The molecule has 1 rings (SSSR count). The van der Waals surface area contributed by atoms with Gasteiger partial charge in [0.25, 0.3) is 0 Å². The molecule has 1 aromatic rings. The predicted molar refractivity (Wildman–Crippen MR) is 157 cm³/mol. The Morgan fingerprint density at radius 2 is 1.18 bits per heavy atom. The highest BCUT2D eigenvalue weighted by Crippen LogP contribution is 2.27. The number of ether oxygens (including phenoxy) is 2. The highest BCUT2D eigenvalue weighted by atomic mass is 16.6. The Kier molecular flexibility index (Phi) is 14.4. The number of nitrogens with zero attached hydrogens (tertiary/aromatic N) is 4. The fourth-order valence-electron chi connectivity index (χ4n) is 4.42. The topological polar surface area (TPSA) is 103 Å². The van der Waals surface area contributed by atoms with Crippen LogP contribution >= 0.6 is 0 Å². The maximum atomic E-state index is 12.7. The molecule has 40 heavy (non-hydrogen) atoms. The van der Waals surface area contributed by atoms with Crippen molar-refractivity contribution >= 4 is 18.1 Å². The summed E-state index contributed by atoms with van der Waals surface area (Å²) in [5, 5.41) is 10.2. The van der Waals surface area contributed by atoms with Crippen molar-refractivity contribution in [2.24, 2.45) is 11.8 Å². The van der Waals surface area contributed by atoms with Crippen LogP contribution in [0.5, 0.6) is 0 Å². The van der Waals surface area contributed by atoms with Gasteiger partial charge in [-0.2, -0.15) is 0 Å². The SMILES string of the molecule is Cc1cc(COC(=O)N(C)CCN(C)C(=O)C(C)C)c(C(C)C)c(COC(=O)N(C)CCN(C)C(O)C(C)C)c1. The quantitative estimate of drug-likeness (QED) is 0.337. The zero-order valence-electron chi connectivity index (χ0n) is 26.5. The third kappa shape index (κ3) is 11.0. The van der Waals surface area contributed by atoms with Crippen molar-refractivity contribution in [2.45, 2.75) is 73.8 Å².